The van der Waals surface area contributed by atoms with Crippen molar-refractivity contribution in [3.05, 3.63) is 18.2 Å². The fourth-order valence-electron chi connectivity index (χ4n) is 3.18. The van der Waals surface area contributed by atoms with E-state index >= 15 is 0 Å². The van der Waals surface area contributed by atoms with Crippen LogP contribution in [0.15, 0.2) is 12.5 Å². The molecule has 0 spiro atoms. The summed E-state index contributed by atoms with van der Waals surface area (Å²) in [5.41, 5.74) is 0.895. The molecule has 0 aliphatic carbocycles. The number of imidazole rings is 1. The second-order valence-corrected chi connectivity index (χ2v) is 8.76. The van der Waals surface area contributed by atoms with E-state index in [4.69, 9.17) is 9.47 Å². The number of hydrogen-bond acceptors (Lipinski definition) is 5. The maximum Gasteiger partial charge on any atom is 0.281 e. The highest BCUT2D eigenvalue weighted by atomic mass is 32.2. The Hall–Kier alpha value is -1.00. The Balaban J connectivity index is 1.63. The standard InChI is InChI=1S/C15H26N4O4S/c1-17(2)24(20,21)18-8-14-7-16-12-19(14)15(9-18)11-23-10-13-3-5-22-6-4-13/h7,12-13,15H,3-6,8-11H2,1-2H3. The molecule has 2 aliphatic rings. The molecule has 1 aromatic rings. The summed E-state index contributed by atoms with van der Waals surface area (Å²) in [5, 5.41) is 0. The van der Waals surface area contributed by atoms with Gasteiger partial charge in [-0.05, 0) is 18.8 Å². The summed E-state index contributed by atoms with van der Waals surface area (Å²) < 4.78 is 41.0. The highest BCUT2D eigenvalue weighted by Crippen LogP contribution is 2.25. The van der Waals surface area contributed by atoms with Crippen LogP contribution < -0.4 is 0 Å². The van der Waals surface area contributed by atoms with Gasteiger partial charge in [-0.3, -0.25) is 0 Å². The molecule has 8 nitrogen and oxygen atoms in total. The fourth-order valence-corrected chi connectivity index (χ4v) is 4.29. The van der Waals surface area contributed by atoms with Crippen molar-refractivity contribution in [1.82, 2.24) is 18.2 Å². The maximum absolute atomic E-state index is 12.5. The molecule has 0 saturated carbocycles. The van der Waals surface area contributed by atoms with Crippen molar-refractivity contribution in [3.8, 4) is 0 Å². The Kier molecular flexibility index (Phi) is 5.56. The lowest BCUT2D eigenvalue weighted by molar-refractivity contribution is 0.00900. The Morgan fingerprint density at radius 1 is 1.33 bits per heavy atom. The van der Waals surface area contributed by atoms with E-state index < -0.39 is 10.2 Å². The smallest absolute Gasteiger partial charge is 0.281 e. The van der Waals surface area contributed by atoms with Crippen molar-refractivity contribution in [2.24, 2.45) is 5.92 Å². The van der Waals surface area contributed by atoms with Gasteiger partial charge >= 0.3 is 0 Å². The molecule has 1 fully saturated rings. The van der Waals surface area contributed by atoms with Gasteiger partial charge in [0.2, 0.25) is 0 Å². The molecule has 2 aliphatic heterocycles. The predicted octanol–water partition coefficient (Wildman–Crippen LogP) is 0.489. The Bertz CT molecular complexity index is 640. The quantitative estimate of drug-likeness (QED) is 0.740. The zero-order valence-corrected chi connectivity index (χ0v) is 15.1. The van der Waals surface area contributed by atoms with E-state index in [1.54, 1.807) is 26.6 Å². The van der Waals surface area contributed by atoms with Crippen molar-refractivity contribution in [1.29, 1.82) is 0 Å². The molecule has 0 aromatic carbocycles. The lowest BCUT2D eigenvalue weighted by atomic mass is 10.0. The van der Waals surface area contributed by atoms with Crippen LogP contribution in [0.2, 0.25) is 0 Å². The molecule has 1 saturated heterocycles. The topological polar surface area (TPSA) is 76.9 Å². The van der Waals surface area contributed by atoms with Gasteiger partial charge in [0.25, 0.3) is 10.2 Å². The van der Waals surface area contributed by atoms with Crippen LogP contribution in [0, 0.1) is 5.92 Å². The second-order valence-electron chi connectivity index (χ2n) is 6.62. The van der Waals surface area contributed by atoms with E-state index in [0.717, 1.165) is 31.7 Å². The number of hydrogen-bond donors (Lipinski definition) is 0. The summed E-state index contributed by atoms with van der Waals surface area (Å²) in [6.07, 6.45) is 5.55. The van der Waals surface area contributed by atoms with E-state index in [0.29, 0.717) is 32.2 Å². The third-order valence-corrected chi connectivity index (χ3v) is 6.54. The largest absolute Gasteiger partial charge is 0.381 e. The molecule has 0 bridgehead atoms. The maximum atomic E-state index is 12.5. The molecule has 0 radical (unpaired) electrons. The van der Waals surface area contributed by atoms with Gasteiger partial charge < -0.3 is 14.0 Å². The lowest BCUT2D eigenvalue weighted by Gasteiger charge is -2.35. The highest BCUT2D eigenvalue weighted by molar-refractivity contribution is 7.86. The van der Waals surface area contributed by atoms with Crippen molar-refractivity contribution in [2.45, 2.75) is 25.4 Å². The molecule has 9 heteroatoms. The number of nitrogens with zero attached hydrogens (tertiary/aromatic N) is 4. The van der Waals surface area contributed by atoms with Crippen LogP contribution in [-0.4, -0.2) is 73.6 Å². The summed E-state index contributed by atoms with van der Waals surface area (Å²) in [6.45, 7) is 3.54. The van der Waals surface area contributed by atoms with E-state index in [-0.39, 0.29) is 6.04 Å². The number of rotatable bonds is 6. The molecule has 0 amide bonds. The van der Waals surface area contributed by atoms with E-state index in [1.807, 2.05) is 4.57 Å². The summed E-state index contributed by atoms with van der Waals surface area (Å²) in [5.74, 6) is 0.534. The van der Waals surface area contributed by atoms with Gasteiger partial charge in [-0.15, -0.1) is 0 Å². The highest BCUT2D eigenvalue weighted by Gasteiger charge is 2.33. The average molecular weight is 358 g/mol. The van der Waals surface area contributed by atoms with Gasteiger partial charge in [0.05, 0.1) is 31.2 Å². The monoisotopic (exact) mass is 358 g/mol. The zero-order chi connectivity index (χ0) is 17.2. The van der Waals surface area contributed by atoms with Crippen LogP contribution in [0.5, 0.6) is 0 Å². The Labute approximate surface area is 143 Å². The van der Waals surface area contributed by atoms with Gasteiger partial charge in [-0.1, -0.05) is 0 Å². The van der Waals surface area contributed by atoms with Crippen LogP contribution in [-0.2, 0) is 26.2 Å². The summed E-state index contributed by atoms with van der Waals surface area (Å²) in [4.78, 5) is 4.17. The molecule has 3 heterocycles. The molecule has 136 valence electrons. The first kappa shape index (κ1) is 17.8. The first-order chi connectivity index (χ1) is 11.5. The van der Waals surface area contributed by atoms with Crippen LogP contribution in [0.3, 0.4) is 0 Å². The summed E-state index contributed by atoms with van der Waals surface area (Å²) in [6, 6.07) is -0.0502. The van der Waals surface area contributed by atoms with Gasteiger partial charge in [0, 0.05) is 46.7 Å². The zero-order valence-electron chi connectivity index (χ0n) is 14.3. The number of ether oxygens (including phenoxy) is 2. The summed E-state index contributed by atoms with van der Waals surface area (Å²) >= 11 is 0. The molecule has 24 heavy (non-hydrogen) atoms. The number of aromatic nitrogens is 2. The minimum absolute atomic E-state index is 0.0502. The molecular weight excluding hydrogens is 332 g/mol. The molecule has 1 aromatic heterocycles. The van der Waals surface area contributed by atoms with Crippen molar-refractivity contribution >= 4 is 10.2 Å². The Morgan fingerprint density at radius 2 is 2.08 bits per heavy atom. The van der Waals surface area contributed by atoms with Crippen LogP contribution in [0.1, 0.15) is 24.6 Å². The molecule has 1 atom stereocenters. The van der Waals surface area contributed by atoms with Gasteiger partial charge in [0.15, 0.2) is 0 Å². The molecule has 3 rings (SSSR count). The average Bonchev–Trinajstić information content (AvgIpc) is 3.04. The third kappa shape index (κ3) is 3.80. The minimum atomic E-state index is -3.45. The van der Waals surface area contributed by atoms with Crippen LogP contribution in [0.25, 0.3) is 0 Å². The number of fused-ring (bicyclic) bond motifs is 1. The van der Waals surface area contributed by atoms with Gasteiger partial charge in [-0.25, -0.2) is 4.98 Å². The summed E-state index contributed by atoms with van der Waals surface area (Å²) in [7, 11) is -0.339. The van der Waals surface area contributed by atoms with Crippen LogP contribution >= 0.6 is 0 Å². The molecular formula is C15H26N4O4S. The van der Waals surface area contributed by atoms with E-state index in [9.17, 15) is 8.42 Å². The van der Waals surface area contributed by atoms with E-state index in [1.165, 1.54) is 8.61 Å². The minimum Gasteiger partial charge on any atom is -0.381 e. The Morgan fingerprint density at radius 3 is 2.79 bits per heavy atom. The lowest BCUT2D eigenvalue weighted by Crippen LogP contribution is -2.46. The van der Waals surface area contributed by atoms with Crippen molar-refractivity contribution < 1.29 is 17.9 Å². The first-order valence-electron chi connectivity index (χ1n) is 8.32. The second kappa shape index (κ2) is 7.49. The predicted molar refractivity (Wildman–Crippen MR) is 88.6 cm³/mol. The van der Waals surface area contributed by atoms with Gasteiger partial charge in [-0.2, -0.15) is 17.0 Å². The van der Waals surface area contributed by atoms with E-state index in [2.05, 4.69) is 4.98 Å². The van der Waals surface area contributed by atoms with Crippen molar-refractivity contribution in [3.63, 3.8) is 0 Å². The third-order valence-electron chi connectivity index (χ3n) is 4.68. The fraction of sp³-hybridized carbons (Fsp3) is 0.800. The SMILES string of the molecule is CN(C)S(=O)(=O)N1Cc2cncn2C(COCC2CCOCC2)C1. The van der Waals surface area contributed by atoms with Gasteiger partial charge in [0.1, 0.15) is 0 Å². The first-order valence-corrected chi connectivity index (χ1v) is 9.72. The van der Waals surface area contributed by atoms with Crippen LogP contribution in [0.4, 0.5) is 0 Å². The normalized spacial score (nSPS) is 23.5. The van der Waals surface area contributed by atoms with Crippen molar-refractivity contribution in [2.75, 3.05) is 47.1 Å². The molecule has 0 N–H and O–H groups in total. The molecule has 1 unspecified atom stereocenters.